The molecule has 0 aliphatic carbocycles. The normalized spacial score (nSPS) is 36.4. The van der Waals surface area contributed by atoms with Crippen LogP contribution in [0.2, 0.25) is 0 Å². The highest BCUT2D eigenvalue weighted by Crippen LogP contribution is 2.25. The predicted octanol–water partition coefficient (Wildman–Crippen LogP) is 0.0479. The molecule has 1 saturated heterocycles. The van der Waals surface area contributed by atoms with Crippen LogP contribution >= 0.6 is 0 Å². The molecule has 0 bridgehead atoms. The van der Waals surface area contributed by atoms with Gasteiger partial charge < -0.3 is 5.11 Å². The molecular weight excluding hydrogens is 164 g/mol. The van der Waals surface area contributed by atoms with E-state index in [-0.39, 0.29) is 23.3 Å². The SMILES string of the molecule is CC(C)C1CS(=O)(=O)CC1O. The monoisotopic (exact) mass is 178 g/mol. The number of aliphatic hydroxyl groups excluding tert-OH is 1. The zero-order valence-corrected chi connectivity index (χ0v) is 7.63. The number of hydrogen-bond donors (Lipinski definition) is 1. The summed E-state index contributed by atoms with van der Waals surface area (Å²) in [6, 6.07) is 0. The number of hydrogen-bond acceptors (Lipinski definition) is 3. The minimum absolute atomic E-state index is 0.0458. The fraction of sp³-hybridized carbons (Fsp3) is 1.00. The zero-order valence-electron chi connectivity index (χ0n) is 6.82. The largest absolute Gasteiger partial charge is 0.392 e. The first-order valence-electron chi connectivity index (χ1n) is 3.81. The molecule has 2 atom stereocenters. The molecule has 3 nitrogen and oxygen atoms in total. The van der Waals surface area contributed by atoms with Gasteiger partial charge in [-0.15, -0.1) is 0 Å². The Hall–Kier alpha value is -0.0900. The molecule has 2 unspecified atom stereocenters. The molecule has 1 heterocycles. The molecule has 1 aliphatic heterocycles. The molecule has 11 heavy (non-hydrogen) atoms. The summed E-state index contributed by atoms with van der Waals surface area (Å²) in [5.41, 5.74) is 0. The van der Waals surface area contributed by atoms with Gasteiger partial charge in [-0.3, -0.25) is 0 Å². The third kappa shape index (κ3) is 1.93. The van der Waals surface area contributed by atoms with Crippen LogP contribution in [-0.2, 0) is 9.84 Å². The van der Waals surface area contributed by atoms with Gasteiger partial charge in [0.1, 0.15) is 0 Å². The highest BCUT2D eigenvalue weighted by atomic mass is 32.2. The first-order valence-corrected chi connectivity index (χ1v) is 5.63. The van der Waals surface area contributed by atoms with Gasteiger partial charge in [0.2, 0.25) is 0 Å². The van der Waals surface area contributed by atoms with E-state index in [0.29, 0.717) is 0 Å². The summed E-state index contributed by atoms with van der Waals surface area (Å²) in [6.45, 7) is 3.88. The molecule has 1 rings (SSSR count). The average Bonchev–Trinajstić information content (AvgIpc) is 2.05. The van der Waals surface area contributed by atoms with Crippen molar-refractivity contribution in [2.75, 3.05) is 11.5 Å². The molecule has 0 amide bonds. The van der Waals surface area contributed by atoms with E-state index < -0.39 is 15.9 Å². The summed E-state index contributed by atoms with van der Waals surface area (Å²) in [4.78, 5) is 0. The second-order valence-corrected chi connectivity index (χ2v) is 5.71. The van der Waals surface area contributed by atoms with E-state index in [1.54, 1.807) is 0 Å². The highest BCUT2D eigenvalue weighted by molar-refractivity contribution is 7.91. The lowest BCUT2D eigenvalue weighted by Gasteiger charge is -2.15. The maximum absolute atomic E-state index is 11.0. The molecule has 1 aliphatic rings. The van der Waals surface area contributed by atoms with E-state index >= 15 is 0 Å². The van der Waals surface area contributed by atoms with Crippen LogP contribution in [0.4, 0.5) is 0 Å². The minimum Gasteiger partial charge on any atom is -0.392 e. The van der Waals surface area contributed by atoms with Crippen molar-refractivity contribution >= 4 is 9.84 Å². The van der Waals surface area contributed by atoms with Crippen LogP contribution in [0.15, 0.2) is 0 Å². The molecule has 0 aromatic rings. The topological polar surface area (TPSA) is 54.4 Å². The van der Waals surface area contributed by atoms with Gasteiger partial charge in [0.15, 0.2) is 9.84 Å². The predicted molar refractivity (Wildman–Crippen MR) is 43.0 cm³/mol. The zero-order chi connectivity index (χ0) is 8.65. The van der Waals surface area contributed by atoms with E-state index in [1.807, 2.05) is 13.8 Å². The number of aliphatic hydroxyl groups is 1. The summed E-state index contributed by atoms with van der Waals surface area (Å²) < 4.78 is 22.0. The third-order valence-electron chi connectivity index (χ3n) is 2.22. The van der Waals surface area contributed by atoms with Crippen LogP contribution in [0.5, 0.6) is 0 Å². The Morgan fingerprint density at radius 2 is 1.91 bits per heavy atom. The first kappa shape index (κ1) is 9.00. The molecule has 0 spiro atoms. The molecular formula is C7H14O3S. The lowest BCUT2D eigenvalue weighted by atomic mass is 9.93. The van der Waals surface area contributed by atoms with Crippen LogP contribution in [0.3, 0.4) is 0 Å². The van der Waals surface area contributed by atoms with Crippen LogP contribution < -0.4 is 0 Å². The van der Waals surface area contributed by atoms with E-state index in [9.17, 15) is 13.5 Å². The Kier molecular flexibility index (Phi) is 2.25. The maximum atomic E-state index is 11.0. The quantitative estimate of drug-likeness (QED) is 0.617. The van der Waals surface area contributed by atoms with Crippen LogP contribution in [0.1, 0.15) is 13.8 Å². The fourth-order valence-electron chi connectivity index (χ4n) is 1.49. The second-order valence-electron chi connectivity index (χ2n) is 3.55. The third-order valence-corrected chi connectivity index (χ3v) is 3.96. The van der Waals surface area contributed by atoms with Gasteiger partial charge in [0, 0.05) is 5.92 Å². The van der Waals surface area contributed by atoms with Crippen molar-refractivity contribution in [1.82, 2.24) is 0 Å². The first-order chi connectivity index (χ1) is 4.92. The fourth-order valence-corrected chi connectivity index (χ4v) is 3.59. The van der Waals surface area contributed by atoms with Crippen molar-refractivity contribution in [2.45, 2.75) is 20.0 Å². The average molecular weight is 178 g/mol. The van der Waals surface area contributed by atoms with Crippen LogP contribution in [-0.4, -0.2) is 31.1 Å². The van der Waals surface area contributed by atoms with Gasteiger partial charge in [0.25, 0.3) is 0 Å². The molecule has 4 heteroatoms. The lowest BCUT2D eigenvalue weighted by molar-refractivity contribution is 0.124. The Labute approximate surface area is 67.3 Å². The molecule has 1 fully saturated rings. The van der Waals surface area contributed by atoms with E-state index in [1.165, 1.54) is 0 Å². The molecule has 1 N–H and O–H groups in total. The van der Waals surface area contributed by atoms with E-state index in [2.05, 4.69) is 0 Å². The molecule has 0 radical (unpaired) electrons. The molecule has 0 saturated carbocycles. The summed E-state index contributed by atoms with van der Waals surface area (Å²) >= 11 is 0. The van der Waals surface area contributed by atoms with Crippen molar-refractivity contribution in [3.05, 3.63) is 0 Å². The van der Waals surface area contributed by atoms with Gasteiger partial charge in [-0.05, 0) is 5.92 Å². The van der Waals surface area contributed by atoms with Crippen LogP contribution in [0, 0.1) is 11.8 Å². The lowest BCUT2D eigenvalue weighted by Crippen LogP contribution is -2.22. The van der Waals surface area contributed by atoms with Gasteiger partial charge in [0.05, 0.1) is 17.6 Å². The summed E-state index contributed by atoms with van der Waals surface area (Å²) in [6.07, 6.45) is -0.639. The Morgan fingerprint density at radius 1 is 1.36 bits per heavy atom. The van der Waals surface area contributed by atoms with E-state index in [0.717, 1.165) is 0 Å². The standard InChI is InChI=1S/C7H14O3S/c1-5(2)6-3-11(9,10)4-7(6)8/h5-8H,3-4H2,1-2H3. The van der Waals surface area contributed by atoms with Gasteiger partial charge >= 0.3 is 0 Å². The van der Waals surface area contributed by atoms with Crippen molar-refractivity contribution in [2.24, 2.45) is 11.8 Å². The summed E-state index contributed by atoms with van der Waals surface area (Å²) in [5.74, 6) is 0.309. The van der Waals surface area contributed by atoms with Crippen molar-refractivity contribution in [3.8, 4) is 0 Å². The van der Waals surface area contributed by atoms with Crippen molar-refractivity contribution in [1.29, 1.82) is 0 Å². The summed E-state index contributed by atoms with van der Waals surface area (Å²) in [7, 11) is -2.94. The van der Waals surface area contributed by atoms with Crippen molar-refractivity contribution in [3.63, 3.8) is 0 Å². The second kappa shape index (κ2) is 2.75. The number of rotatable bonds is 1. The Morgan fingerprint density at radius 3 is 2.09 bits per heavy atom. The number of sulfone groups is 1. The van der Waals surface area contributed by atoms with Crippen molar-refractivity contribution < 1.29 is 13.5 Å². The van der Waals surface area contributed by atoms with Crippen LogP contribution in [0.25, 0.3) is 0 Å². The molecule has 0 aromatic carbocycles. The summed E-state index contributed by atoms with van der Waals surface area (Å²) in [5, 5.41) is 9.32. The smallest absolute Gasteiger partial charge is 0.153 e. The van der Waals surface area contributed by atoms with E-state index in [4.69, 9.17) is 0 Å². The van der Waals surface area contributed by atoms with Gasteiger partial charge in [-0.2, -0.15) is 0 Å². The maximum Gasteiger partial charge on any atom is 0.153 e. The molecule has 0 aromatic heterocycles. The van der Waals surface area contributed by atoms with Gasteiger partial charge in [-0.25, -0.2) is 8.42 Å². The highest BCUT2D eigenvalue weighted by Gasteiger charge is 2.37. The minimum atomic E-state index is -2.94. The Balaban J connectivity index is 2.75. The Bertz CT molecular complexity index is 230. The van der Waals surface area contributed by atoms with Gasteiger partial charge in [-0.1, -0.05) is 13.8 Å². The molecule has 66 valence electrons.